The smallest absolute Gasteiger partial charge is 0.295 e. The summed E-state index contributed by atoms with van der Waals surface area (Å²) in [6.07, 6.45) is 3.79. The van der Waals surface area contributed by atoms with Gasteiger partial charge in [0.25, 0.3) is 5.91 Å². The number of amides is 1. The van der Waals surface area contributed by atoms with Crippen molar-refractivity contribution in [3.8, 4) is 11.5 Å². The summed E-state index contributed by atoms with van der Waals surface area (Å²) < 4.78 is 5.29. The maximum atomic E-state index is 11.7. The third-order valence-electron chi connectivity index (χ3n) is 3.44. The highest BCUT2D eigenvalue weighted by Gasteiger charge is 2.18. The number of hydrazone groups is 1. The maximum absolute atomic E-state index is 11.7. The average molecular weight is 292 g/mol. The zero-order valence-electron chi connectivity index (χ0n) is 12.3. The molecule has 1 aromatic carbocycles. The van der Waals surface area contributed by atoms with Crippen LogP contribution in [0.15, 0.2) is 23.3 Å². The van der Waals surface area contributed by atoms with E-state index >= 15 is 0 Å². The van der Waals surface area contributed by atoms with Gasteiger partial charge in [-0.25, -0.2) is 5.43 Å². The molecule has 114 valence electrons. The van der Waals surface area contributed by atoms with Gasteiger partial charge < -0.3 is 14.7 Å². The lowest BCUT2D eigenvalue weighted by Crippen LogP contribution is -3.11. The summed E-state index contributed by atoms with van der Waals surface area (Å²) in [5.74, 6) is 0.334. The minimum atomic E-state index is -0.108. The van der Waals surface area contributed by atoms with Crippen molar-refractivity contribution < 1.29 is 19.5 Å². The lowest BCUT2D eigenvalue weighted by molar-refractivity contribution is -0.879. The molecule has 1 saturated heterocycles. The van der Waals surface area contributed by atoms with Gasteiger partial charge in [0.15, 0.2) is 18.0 Å². The van der Waals surface area contributed by atoms with E-state index in [0.29, 0.717) is 24.5 Å². The first-order valence-electron chi connectivity index (χ1n) is 7.31. The fraction of sp³-hybridized carbons (Fsp3) is 0.467. The summed E-state index contributed by atoms with van der Waals surface area (Å²) in [6, 6.07) is 5.16. The van der Waals surface area contributed by atoms with Gasteiger partial charge in [0, 0.05) is 18.4 Å². The summed E-state index contributed by atoms with van der Waals surface area (Å²) in [5.41, 5.74) is 3.00. The van der Waals surface area contributed by atoms with Gasteiger partial charge in [-0.05, 0) is 19.1 Å². The van der Waals surface area contributed by atoms with Crippen LogP contribution in [0.2, 0.25) is 0 Å². The Hall–Kier alpha value is -2.08. The minimum absolute atomic E-state index is 0.0301. The first kappa shape index (κ1) is 15.3. The SMILES string of the molecule is CCOc1cccc(/C=N/NC(=O)C[NH+]2CCCC2)c1O. The molecular weight excluding hydrogens is 270 g/mol. The number of nitrogens with zero attached hydrogens (tertiary/aromatic N) is 1. The second-order valence-corrected chi connectivity index (χ2v) is 5.05. The molecule has 0 bridgehead atoms. The predicted molar refractivity (Wildman–Crippen MR) is 79.8 cm³/mol. The van der Waals surface area contributed by atoms with Crippen molar-refractivity contribution >= 4 is 12.1 Å². The third kappa shape index (κ3) is 4.46. The van der Waals surface area contributed by atoms with Crippen LogP contribution in [0.25, 0.3) is 0 Å². The lowest BCUT2D eigenvalue weighted by atomic mass is 10.2. The Labute approximate surface area is 124 Å². The highest BCUT2D eigenvalue weighted by atomic mass is 16.5. The molecule has 1 aliphatic heterocycles. The van der Waals surface area contributed by atoms with Crippen molar-refractivity contribution in [1.29, 1.82) is 0 Å². The standard InChI is InChI=1S/C15H21N3O3/c1-2-21-13-7-5-6-12(15(13)20)10-16-17-14(19)11-18-8-3-4-9-18/h5-7,10,20H,2-4,8-9,11H2,1H3,(H,17,19)/p+1/b16-10+. The number of hydrogen-bond acceptors (Lipinski definition) is 4. The van der Waals surface area contributed by atoms with Gasteiger partial charge in [0.1, 0.15) is 0 Å². The molecule has 0 unspecified atom stereocenters. The Morgan fingerprint density at radius 1 is 1.48 bits per heavy atom. The molecule has 0 saturated carbocycles. The van der Waals surface area contributed by atoms with E-state index in [2.05, 4.69) is 10.5 Å². The number of phenolic OH excluding ortho intramolecular Hbond substituents is 1. The first-order valence-corrected chi connectivity index (χ1v) is 7.31. The Morgan fingerprint density at radius 2 is 2.24 bits per heavy atom. The molecule has 1 aromatic rings. The predicted octanol–water partition coefficient (Wildman–Crippen LogP) is -0.0803. The molecule has 0 aliphatic carbocycles. The number of carbonyl (C=O) groups is 1. The molecule has 0 aromatic heterocycles. The molecule has 2 rings (SSSR count). The third-order valence-corrected chi connectivity index (χ3v) is 3.44. The van der Waals surface area contributed by atoms with Crippen LogP contribution in [0, 0.1) is 0 Å². The van der Waals surface area contributed by atoms with Gasteiger partial charge in [-0.1, -0.05) is 6.07 Å². The number of hydrogen-bond donors (Lipinski definition) is 3. The zero-order valence-corrected chi connectivity index (χ0v) is 12.3. The van der Waals surface area contributed by atoms with Crippen LogP contribution in [-0.2, 0) is 4.79 Å². The summed E-state index contributed by atoms with van der Waals surface area (Å²) in [5, 5.41) is 13.9. The van der Waals surface area contributed by atoms with Gasteiger partial charge >= 0.3 is 0 Å². The number of para-hydroxylation sites is 1. The van der Waals surface area contributed by atoms with Gasteiger partial charge in [-0.3, -0.25) is 4.79 Å². The highest BCUT2D eigenvalue weighted by Crippen LogP contribution is 2.28. The van der Waals surface area contributed by atoms with Gasteiger partial charge in [0.05, 0.1) is 25.9 Å². The number of quaternary nitrogens is 1. The van der Waals surface area contributed by atoms with E-state index in [-0.39, 0.29) is 11.7 Å². The zero-order chi connectivity index (χ0) is 15.1. The van der Waals surface area contributed by atoms with E-state index in [9.17, 15) is 9.90 Å². The Kier molecular flexibility index (Phi) is 5.57. The molecule has 21 heavy (non-hydrogen) atoms. The van der Waals surface area contributed by atoms with Crippen LogP contribution in [0.4, 0.5) is 0 Å². The van der Waals surface area contributed by atoms with Crippen molar-refractivity contribution in [1.82, 2.24) is 5.43 Å². The van der Waals surface area contributed by atoms with Crippen LogP contribution >= 0.6 is 0 Å². The number of rotatable bonds is 6. The van der Waals surface area contributed by atoms with E-state index in [1.165, 1.54) is 24.0 Å². The molecular formula is C15H22N3O3+. The second kappa shape index (κ2) is 7.64. The van der Waals surface area contributed by atoms with E-state index in [0.717, 1.165) is 13.1 Å². The van der Waals surface area contributed by atoms with E-state index in [1.807, 2.05) is 6.92 Å². The fourth-order valence-corrected chi connectivity index (χ4v) is 2.41. The molecule has 1 fully saturated rings. The fourth-order valence-electron chi connectivity index (χ4n) is 2.41. The highest BCUT2D eigenvalue weighted by molar-refractivity contribution is 5.86. The van der Waals surface area contributed by atoms with Crippen molar-refractivity contribution in [2.45, 2.75) is 19.8 Å². The molecule has 6 nitrogen and oxygen atoms in total. The van der Waals surface area contributed by atoms with Crippen molar-refractivity contribution in [3.05, 3.63) is 23.8 Å². The molecule has 0 radical (unpaired) electrons. The number of ether oxygens (including phenoxy) is 1. The van der Waals surface area contributed by atoms with Gasteiger partial charge in [-0.15, -0.1) is 0 Å². The normalized spacial score (nSPS) is 15.5. The van der Waals surface area contributed by atoms with Crippen LogP contribution in [0.5, 0.6) is 11.5 Å². The summed E-state index contributed by atoms with van der Waals surface area (Å²) in [7, 11) is 0. The number of aromatic hydroxyl groups is 1. The van der Waals surface area contributed by atoms with Gasteiger partial charge in [-0.2, -0.15) is 5.10 Å². The van der Waals surface area contributed by atoms with Crippen molar-refractivity contribution in [2.75, 3.05) is 26.2 Å². The molecule has 1 heterocycles. The summed E-state index contributed by atoms with van der Waals surface area (Å²) >= 11 is 0. The van der Waals surface area contributed by atoms with E-state index < -0.39 is 0 Å². The first-order chi connectivity index (χ1) is 10.2. The molecule has 6 heteroatoms. The largest absolute Gasteiger partial charge is 0.504 e. The molecule has 0 atom stereocenters. The Bertz CT molecular complexity index is 511. The quantitative estimate of drug-likeness (QED) is 0.507. The summed E-state index contributed by atoms with van der Waals surface area (Å²) in [4.78, 5) is 13.0. The lowest BCUT2D eigenvalue weighted by Gasteiger charge is -2.10. The molecule has 1 aliphatic rings. The van der Waals surface area contributed by atoms with Crippen molar-refractivity contribution in [2.24, 2.45) is 5.10 Å². The number of carbonyl (C=O) groups excluding carboxylic acids is 1. The molecule has 3 N–H and O–H groups in total. The Morgan fingerprint density at radius 3 is 2.95 bits per heavy atom. The van der Waals surface area contributed by atoms with E-state index in [1.54, 1.807) is 18.2 Å². The molecule has 0 spiro atoms. The Balaban J connectivity index is 1.88. The average Bonchev–Trinajstić information content (AvgIpc) is 2.96. The topological polar surface area (TPSA) is 75.4 Å². The van der Waals surface area contributed by atoms with Crippen LogP contribution in [-0.4, -0.2) is 43.5 Å². The minimum Gasteiger partial charge on any atom is -0.504 e. The van der Waals surface area contributed by atoms with E-state index in [4.69, 9.17) is 4.74 Å². The second-order valence-electron chi connectivity index (χ2n) is 5.05. The number of nitrogens with one attached hydrogen (secondary N) is 2. The van der Waals surface area contributed by atoms with Crippen LogP contribution in [0.3, 0.4) is 0 Å². The summed E-state index contributed by atoms with van der Waals surface area (Å²) in [6.45, 7) is 4.87. The number of benzene rings is 1. The van der Waals surface area contributed by atoms with Gasteiger partial charge in [0.2, 0.25) is 0 Å². The monoisotopic (exact) mass is 292 g/mol. The number of phenols is 1. The maximum Gasteiger partial charge on any atom is 0.295 e. The number of likely N-dealkylation sites (tertiary alicyclic amines) is 1. The molecule has 1 amide bonds. The van der Waals surface area contributed by atoms with Crippen molar-refractivity contribution in [3.63, 3.8) is 0 Å². The van der Waals surface area contributed by atoms with Crippen LogP contribution in [0.1, 0.15) is 25.3 Å². The van der Waals surface area contributed by atoms with Crippen LogP contribution < -0.4 is 15.1 Å².